The highest BCUT2D eigenvalue weighted by atomic mass is 32.2. The van der Waals surface area contributed by atoms with Crippen molar-refractivity contribution in [1.29, 1.82) is 0 Å². The van der Waals surface area contributed by atoms with Gasteiger partial charge in [-0.2, -0.15) is 26.3 Å². The molecule has 1 unspecified atom stereocenters. The van der Waals surface area contributed by atoms with Crippen LogP contribution in [0.3, 0.4) is 0 Å². The zero-order valence-corrected chi connectivity index (χ0v) is 13.5. The standard InChI is InChI=1S/C13H15F6N3O2S/c14-12(15,16)7-22-4-3-9(6-22)21-8-1-2-11(25(20,23)24)10(5-8)13(17,18)19/h1-2,5,9,21H,3-4,6-7H2,(H2,20,23,24). The summed E-state index contributed by atoms with van der Waals surface area (Å²) in [5, 5.41) is 7.49. The molecule has 2 rings (SSSR count). The minimum atomic E-state index is -4.95. The quantitative estimate of drug-likeness (QED) is 0.773. The maximum atomic E-state index is 13.0. The Morgan fingerprint density at radius 1 is 1.20 bits per heavy atom. The minimum absolute atomic E-state index is 0.0117. The number of likely N-dealkylation sites (tertiary alicyclic amines) is 1. The van der Waals surface area contributed by atoms with Crippen molar-refractivity contribution in [3.8, 4) is 0 Å². The molecule has 3 N–H and O–H groups in total. The van der Waals surface area contributed by atoms with Gasteiger partial charge in [0.15, 0.2) is 0 Å². The Balaban J connectivity index is 2.17. The molecule has 1 aliphatic heterocycles. The van der Waals surface area contributed by atoms with Gasteiger partial charge in [-0.05, 0) is 24.6 Å². The van der Waals surface area contributed by atoms with Crippen molar-refractivity contribution >= 4 is 15.7 Å². The first-order chi connectivity index (χ1) is 11.3. The van der Waals surface area contributed by atoms with E-state index in [1.54, 1.807) is 0 Å². The van der Waals surface area contributed by atoms with Gasteiger partial charge in [-0.3, -0.25) is 4.90 Å². The number of primary sulfonamides is 1. The normalized spacial score (nSPS) is 20.0. The van der Waals surface area contributed by atoms with Crippen LogP contribution >= 0.6 is 0 Å². The SMILES string of the molecule is NS(=O)(=O)c1ccc(NC2CCN(CC(F)(F)F)C2)cc1C(F)(F)F. The molecule has 5 nitrogen and oxygen atoms in total. The van der Waals surface area contributed by atoms with Crippen LogP contribution in [0.5, 0.6) is 0 Å². The van der Waals surface area contributed by atoms with Crippen LogP contribution in [0.4, 0.5) is 32.0 Å². The summed E-state index contributed by atoms with van der Waals surface area (Å²) in [5.41, 5.74) is -1.47. The smallest absolute Gasteiger partial charge is 0.381 e. The van der Waals surface area contributed by atoms with Gasteiger partial charge in [0.25, 0.3) is 0 Å². The second-order valence-electron chi connectivity index (χ2n) is 5.73. The zero-order valence-electron chi connectivity index (χ0n) is 12.7. The van der Waals surface area contributed by atoms with Crippen molar-refractivity contribution in [2.45, 2.75) is 29.7 Å². The Hall–Kier alpha value is -1.53. The predicted octanol–water partition coefficient (Wildman–Crippen LogP) is 2.40. The molecule has 0 aliphatic carbocycles. The van der Waals surface area contributed by atoms with Gasteiger partial charge < -0.3 is 5.32 Å². The lowest BCUT2D eigenvalue weighted by Gasteiger charge is -2.19. The molecule has 1 fully saturated rings. The number of nitrogens with two attached hydrogens (primary N) is 1. The first-order valence-electron chi connectivity index (χ1n) is 7.05. The molecule has 0 amide bonds. The average molecular weight is 391 g/mol. The number of sulfonamides is 1. The second-order valence-corrected chi connectivity index (χ2v) is 7.26. The Bertz CT molecular complexity index is 732. The number of halogens is 6. The number of rotatable bonds is 4. The highest BCUT2D eigenvalue weighted by Crippen LogP contribution is 2.36. The van der Waals surface area contributed by atoms with E-state index < -0.39 is 45.4 Å². The van der Waals surface area contributed by atoms with Crippen molar-refractivity contribution in [3.63, 3.8) is 0 Å². The first kappa shape index (κ1) is 19.8. The first-order valence-corrected chi connectivity index (χ1v) is 8.60. The fourth-order valence-electron chi connectivity index (χ4n) is 2.67. The summed E-state index contributed by atoms with van der Waals surface area (Å²) >= 11 is 0. The Labute approximate surface area is 139 Å². The van der Waals surface area contributed by atoms with Crippen LogP contribution in [-0.2, 0) is 16.2 Å². The molecular weight excluding hydrogens is 376 g/mol. The molecule has 0 saturated carbocycles. The van der Waals surface area contributed by atoms with Crippen LogP contribution in [0.1, 0.15) is 12.0 Å². The van der Waals surface area contributed by atoms with E-state index in [1.165, 1.54) is 0 Å². The minimum Gasteiger partial charge on any atom is -0.381 e. The summed E-state index contributed by atoms with van der Waals surface area (Å²) < 4.78 is 98.7. The van der Waals surface area contributed by atoms with E-state index in [2.05, 4.69) is 5.32 Å². The van der Waals surface area contributed by atoms with Crippen LogP contribution in [0.15, 0.2) is 23.1 Å². The van der Waals surface area contributed by atoms with Crippen molar-refractivity contribution < 1.29 is 34.8 Å². The molecule has 1 aromatic carbocycles. The monoisotopic (exact) mass is 391 g/mol. The van der Waals surface area contributed by atoms with Gasteiger partial charge in [0, 0.05) is 24.8 Å². The number of hydrogen-bond donors (Lipinski definition) is 2. The molecule has 12 heteroatoms. The third-order valence-electron chi connectivity index (χ3n) is 3.64. The van der Waals surface area contributed by atoms with Gasteiger partial charge in [-0.15, -0.1) is 0 Å². The van der Waals surface area contributed by atoms with E-state index in [0.717, 1.165) is 17.0 Å². The fourth-order valence-corrected chi connectivity index (χ4v) is 3.41. The number of hydrogen-bond acceptors (Lipinski definition) is 4. The van der Waals surface area contributed by atoms with E-state index in [-0.39, 0.29) is 18.8 Å². The summed E-state index contributed by atoms with van der Waals surface area (Å²) in [5.74, 6) is 0. The molecule has 142 valence electrons. The topological polar surface area (TPSA) is 75.4 Å². The van der Waals surface area contributed by atoms with E-state index >= 15 is 0 Å². The van der Waals surface area contributed by atoms with Gasteiger partial charge in [0.1, 0.15) is 0 Å². The van der Waals surface area contributed by atoms with E-state index in [4.69, 9.17) is 5.14 Å². The molecule has 1 aliphatic rings. The lowest BCUT2D eigenvalue weighted by Crippen LogP contribution is -2.34. The van der Waals surface area contributed by atoms with E-state index in [1.807, 2.05) is 0 Å². The van der Waals surface area contributed by atoms with Crippen LogP contribution in [0.25, 0.3) is 0 Å². The van der Waals surface area contributed by atoms with Crippen LogP contribution in [0, 0.1) is 0 Å². The number of nitrogens with zero attached hydrogens (tertiary/aromatic N) is 1. The third kappa shape index (κ3) is 5.47. The average Bonchev–Trinajstić information content (AvgIpc) is 2.81. The molecule has 0 radical (unpaired) electrons. The molecule has 1 atom stereocenters. The largest absolute Gasteiger partial charge is 0.417 e. The molecule has 0 spiro atoms. The Morgan fingerprint density at radius 3 is 2.36 bits per heavy atom. The highest BCUT2D eigenvalue weighted by molar-refractivity contribution is 7.89. The zero-order chi connectivity index (χ0) is 19.0. The number of anilines is 1. The van der Waals surface area contributed by atoms with Crippen molar-refractivity contribution in [1.82, 2.24) is 4.90 Å². The van der Waals surface area contributed by atoms with Crippen molar-refractivity contribution in [2.75, 3.05) is 25.0 Å². The maximum Gasteiger partial charge on any atom is 0.417 e. The lowest BCUT2D eigenvalue weighted by atomic mass is 10.1. The van der Waals surface area contributed by atoms with Gasteiger partial charge in [-0.25, -0.2) is 13.6 Å². The number of nitrogens with one attached hydrogen (secondary N) is 1. The van der Waals surface area contributed by atoms with E-state index in [0.29, 0.717) is 12.5 Å². The van der Waals surface area contributed by atoms with Crippen LogP contribution < -0.4 is 10.5 Å². The summed E-state index contributed by atoms with van der Waals surface area (Å²) in [4.78, 5) is 0.0804. The van der Waals surface area contributed by atoms with Gasteiger partial charge >= 0.3 is 12.4 Å². The molecule has 1 aromatic rings. The molecule has 25 heavy (non-hydrogen) atoms. The second kappa shape index (κ2) is 6.65. The lowest BCUT2D eigenvalue weighted by molar-refractivity contribution is -0.143. The van der Waals surface area contributed by atoms with Gasteiger partial charge in [0.05, 0.1) is 17.0 Å². The van der Waals surface area contributed by atoms with E-state index in [9.17, 15) is 34.8 Å². The summed E-state index contributed by atoms with van der Waals surface area (Å²) in [6.45, 7) is -0.931. The fraction of sp³-hybridized carbons (Fsp3) is 0.538. The van der Waals surface area contributed by atoms with Crippen LogP contribution in [0.2, 0.25) is 0 Å². The molecule has 0 aromatic heterocycles. The number of benzene rings is 1. The summed E-state index contributed by atoms with van der Waals surface area (Å²) in [7, 11) is -4.57. The van der Waals surface area contributed by atoms with Crippen LogP contribution in [-0.4, -0.2) is 45.2 Å². The van der Waals surface area contributed by atoms with Gasteiger partial charge in [-0.1, -0.05) is 0 Å². The Morgan fingerprint density at radius 2 is 1.84 bits per heavy atom. The van der Waals surface area contributed by atoms with Crippen molar-refractivity contribution in [2.24, 2.45) is 5.14 Å². The molecule has 1 saturated heterocycles. The number of alkyl halides is 6. The highest BCUT2D eigenvalue weighted by Gasteiger charge is 2.37. The predicted molar refractivity (Wildman–Crippen MR) is 77.3 cm³/mol. The maximum absolute atomic E-state index is 13.0. The summed E-state index contributed by atoms with van der Waals surface area (Å²) in [6.07, 6.45) is -8.98. The molecular formula is C13H15F6N3O2S. The summed E-state index contributed by atoms with van der Waals surface area (Å²) in [6, 6.07) is 1.93. The third-order valence-corrected chi connectivity index (χ3v) is 4.61. The van der Waals surface area contributed by atoms with Crippen molar-refractivity contribution in [3.05, 3.63) is 23.8 Å². The Kier molecular flexibility index (Phi) is 5.26. The molecule has 1 heterocycles. The van der Waals surface area contributed by atoms with Gasteiger partial charge in [0.2, 0.25) is 10.0 Å². The molecule has 0 bridgehead atoms.